The maximum atomic E-state index is 2.12. The van der Waals surface area contributed by atoms with E-state index in [9.17, 15) is 0 Å². The fourth-order valence-corrected chi connectivity index (χ4v) is 2.29. The van der Waals surface area contributed by atoms with E-state index in [2.05, 4.69) is 48.5 Å². The Bertz CT molecular complexity index is 725. The Labute approximate surface area is 264 Å². The van der Waals surface area contributed by atoms with Crippen molar-refractivity contribution in [1.29, 1.82) is 0 Å². The first kappa shape index (κ1) is 51.1. The van der Waals surface area contributed by atoms with Crippen LogP contribution in [0.5, 0.6) is 0 Å². The van der Waals surface area contributed by atoms with Gasteiger partial charge in [-0.05, 0) is 10.8 Å². The van der Waals surface area contributed by atoms with Crippen LogP contribution in [0.25, 0.3) is 10.8 Å². The Balaban J connectivity index is -0.0000000917. The molecule has 0 heteroatoms. The molecule has 5 aromatic rings. The van der Waals surface area contributed by atoms with Crippen LogP contribution in [-0.2, 0) is 0 Å². The largest absolute Gasteiger partial charge is 0.0683 e. The number of fused-ring (bicyclic) bond motifs is 1. The summed E-state index contributed by atoms with van der Waals surface area (Å²) in [7, 11) is 0. The summed E-state index contributed by atoms with van der Waals surface area (Å²) in [4.78, 5) is 0. The van der Waals surface area contributed by atoms with Gasteiger partial charge in [0.1, 0.15) is 0 Å². The van der Waals surface area contributed by atoms with E-state index in [1.165, 1.54) is 10.8 Å². The molecular weight excluding hydrogens is 504 g/mol. The Hall–Kier alpha value is -3.64. The van der Waals surface area contributed by atoms with E-state index in [1.807, 2.05) is 206 Å². The molecule has 0 atom stereocenters. The molecule has 0 saturated carbocycles. The van der Waals surface area contributed by atoms with E-state index >= 15 is 0 Å². The number of hydrogen-bond donors (Lipinski definition) is 0. The molecule has 0 aromatic heterocycles. The van der Waals surface area contributed by atoms with Gasteiger partial charge in [-0.15, -0.1) is 0 Å². The lowest BCUT2D eigenvalue weighted by Crippen LogP contribution is -1.67. The van der Waals surface area contributed by atoms with Gasteiger partial charge in [0.2, 0.25) is 0 Å². The van der Waals surface area contributed by atoms with Crippen LogP contribution < -0.4 is 0 Å². The van der Waals surface area contributed by atoms with Crippen LogP contribution >= 0.6 is 0 Å². The van der Waals surface area contributed by atoms with Crippen LogP contribution in [-0.4, -0.2) is 0 Å². The molecule has 0 spiro atoms. The highest BCUT2D eigenvalue weighted by Crippen LogP contribution is 2.11. The molecule has 5 rings (SSSR count). The molecule has 0 amide bonds. The lowest BCUT2D eigenvalue weighted by Gasteiger charge is -1.92. The van der Waals surface area contributed by atoms with Crippen LogP contribution in [0.15, 0.2) is 158 Å². The van der Waals surface area contributed by atoms with E-state index in [0.717, 1.165) is 0 Å². The van der Waals surface area contributed by atoms with Gasteiger partial charge < -0.3 is 0 Å². The van der Waals surface area contributed by atoms with Crippen molar-refractivity contribution in [3.63, 3.8) is 0 Å². The molecular formula is C42H68. The Morgan fingerprint density at radius 3 is 0.357 bits per heavy atom. The Morgan fingerprint density at radius 2 is 0.262 bits per heavy atom. The summed E-state index contributed by atoms with van der Waals surface area (Å²) >= 11 is 0. The molecule has 0 nitrogen and oxygen atoms in total. The van der Waals surface area contributed by atoms with E-state index < -0.39 is 0 Å². The summed E-state index contributed by atoms with van der Waals surface area (Å²) in [5, 5.41) is 2.62. The van der Waals surface area contributed by atoms with Crippen LogP contribution in [0.4, 0.5) is 0 Å². The van der Waals surface area contributed by atoms with Crippen molar-refractivity contribution in [3.8, 4) is 0 Å². The predicted molar refractivity (Wildman–Crippen MR) is 203 cm³/mol. The number of hydrogen-bond acceptors (Lipinski definition) is 0. The molecule has 0 bridgehead atoms. The molecule has 0 unspecified atom stereocenters. The van der Waals surface area contributed by atoms with Crippen molar-refractivity contribution in [2.75, 3.05) is 0 Å². The average molecular weight is 573 g/mol. The van der Waals surface area contributed by atoms with Gasteiger partial charge in [-0.1, -0.05) is 255 Å². The molecule has 0 aliphatic heterocycles. The highest BCUT2D eigenvalue weighted by atomic mass is 13.9. The third kappa shape index (κ3) is 43.4. The normalized spacial score (nSPS) is 6.81. The second-order valence-electron chi connectivity index (χ2n) is 5.81. The Kier molecular flexibility index (Phi) is 74.8. The molecule has 0 heterocycles. The van der Waals surface area contributed by atoms with Crippen molar-refractivity contribution in [2.24, 2.45) is 0 Å². The first-order valence-corrected chi connectivity index (χ1v) is 16.4. The fourth-order valence-electron chi connectivity index (χ4n) is 2.29. The number of benzene rings is 5. The third-order valence-corrected chi connectivity index (χ3v) is 3.66. The van der Waals surface area contributed by atoms with Crippen LogP contribution in [0, 0.1) is 0 Å². The van der Waals surface area contributed by atoms with E-state index in [4.69, 9.17) is 0 Å². The lowest BCUT2D eigenvalue weighted by atomic mass is 10.1. The summed E-state index contributed by atoms with van der Waals surface area (Å²) in [5.41, 5.74) is 0. The molecule has 0 aliphatic carbocycles. The summed E-state index contributed by atoms with van der Waals surface area (Å²) in [6, 6.07) is 52.7. The van der Waals surface area contributed by atoms with Gasteiger partial charge in [-0.2, -0.15) is 0 Å². The lowest BCUT2D eigenvalue weighted by molar-refractivity contribution is 1.50. The quantitative estimate of drug-likeness (QED) is 0.173. The summed E-state index contributed by atoms with van der Waals surface area (Å²) < 4.78 is 0. The van der Waals surface area contributed by atoms with Crippen molar-refractivity contribution in [3.05, 3.63) is 158 Å². The Morgan fingerprint density at radius 1 is 0.167 bits per heavy atom. The fraction of sp³-hybridized carbons (Fsp3) is 0.333. The van der Waals surface area contributed by atoms with E-state index in [0.29, 0.717) is 0 Å². The zero-order chi connectivity index (χ0) is 33.5. The van der Waals surface area contributed by atoms with Crippen LogP contribution in [0.3, 0.4) is 0 Å². The van der Waals surface area contributed by atoms with Gasteiger partial charge in [-0.25, -0.2) is 0 Å². The molecule has 0 aliphatic rings. The predicted octanol–water partition coefficient (Wildman–Crippen LogP) is 15.1. The van der Waals surface area contributed by atoms with Crippen LogP contribution in [0.2, 0.25) is 0 Å². The van der Waals surface area contributed by atoms with Gasteiger partial charge >= 0.3 is 0 Å². The zero-order valence-corrected chi connectivity index (χ0v) is 30.0. The summed E-state index contributed by atoms with van der Waals surface area (Å²) in [5.74, 6) is 0. The highest BCUT2D eigenvalue weighted by molar-refractivity contribution is 5.82. The topological polar surface area (TPSA) is 0 Å². The van der Waals surface area contributed by atoms with Gasteiger partial charge in [0.25, 0.3) is 0 Å². The minimum absolute atomic E-state index is 1.31. The maximum absolute atomic E-state index is 2.12. The van der Waals surface area contributed by atoms with Gasteiger partial charge in [0.05, 0.1) is 0 Å². The van der Waals surface area contributed by atoms with Crippen molar-refractivity contribution >= 4 is 10.8 Å². The van der Waals surface area contributed by atoms with Gasteiger partial charge in [-0.3, -0.25) is 0 Å². The molecule has 0 saturated heterocycles. The van der Waals surface area contributed by atoms with E-state index in [-0.39, 0.29) is 0 Å². The van der Waals surface area contributed by atoms with Gasteiger partial charge in [0.15, 0.2) is 0 Å². The first-order chi connectivity index (χ1) is 21.0. The molecule has 0 radical (unpaired) electrons. The highest BCUT2D eigenvalue weighted by Gasteiger charge is 1.85. The van der Waals surface area contributed by atoms with Crippen molar-refractivity contribution in [2.45, 2.75) is 96.9 Å². The molecule has 236 valence electrons. The number of rotatable bonds is 0. The molecule has 0 fully saturated rings. The standard InChI is InChI=1S/C10H8.3C6H6.7C2H6/c1-2-6-10-8-4-3-7-9(10)5-1;3*1-2-4-6-5-3-1;7*1-2/h1-8H;3*1-6H;7*1-2H3. The molecule has 5 aromatic carbocycles. The van der Waals surface area contributed by atoms with Gasteiger partial charge in [0, 0.05) is 0 Å². The van der Waals surface area contributed by atoms with E-state index in [1.54, 1.807) is 0 Å². The smallest absolute Gasteiger partial charge is 0.0184 e. The van der Waals surface area contributed by atoms with Crippen molar-refractivity contribution in [1.82, 2.24) is 0 Å². The third-order valence-electron chi connectivity index (χ3n) is 3.66. The first-order valence-electron chi connectivity index (χ1n) is 16.4. The molecule has 0 N–H and O–H groups in total. The van der Waals surface area contributed by atoms with Crippen LogP contribution in [0.1, 0.15) is 96.9 Å². The minimum atomic E-state index is 1.31. The summed E-state index contributed by atoms with van der Waals surface area (Å²) in [6.45, 7) is 28.0. The second kappa shape index (κ2) is 61.4. The monoisotopic (exact) mass is 573 g/mol. The minimum Gasteiger partial charge on any atom is -0.0683 e. The average Bonchev–Trinajstić information content (AvgIpc) is 3.17. The maximum Gasteiger partial charge on any atom is -0.0184 e. The zero-order valence-electron chi connectivity index (χ0n) is 30.0. The molecule has 42 heavy (non-hydrogen) atoms. The SMILES string of the molecule is CC.CC.CC.CC.CC.CC.CC.c1ccc2ccccc2c1.c1ccccc1.c1ccccc1.c1ccccc1. The second-order valence-corrected chi connectivity index (χ2v) is 5.81. The summed E-state index contributed by atoms with van der Waals surface area (Å²) in [6.07, 6.45) is 0. The van der Waals surface area contributed by atoms with Crippen molar-refractivity contribution < 1.29 is 0 Å².